The molecule has 2 saturated heterocycles. The van der Waals surface area contributed by atoms with Crippen LogP contribution in [0.2, 0.25) is 0 Å². The Hall–Kier alpha value is -2.10. The van der Waals surface area contributed by atoms with E-state index in [0.29, 0.717) is 19.3 Å². The number of nitrogens with one attached hydrogen (secondary N) is 1. The molecule has 2 heterocycles. The monoisotopic (exact) mass is 286 g/mol. The molecule has 6 nitrogen and oxygen atoms in total. The van der Waals surface area contributed by atoms with Crippen LogP contribution in [-0.2, 0) is 9.47 Å². The third-order valence-electron chi connectivity index (χ3n) is 4.79. The zero-order valence-electron chi connectivity index (χ0n) is 12.4. The summed E-state index contributed by atoms with van der Waals surface area (Å²) < 4.78 is 11.5. The number of hydrogen-bond acceptors (Lipinski definition) is 6. The first kappa shape index (κ1) is 15.3. The van der Waals surface area contributed by atoms with E-state index in [-0.39, 0.29) is 5.90 Å². The van der Waals surface area contributed by atoms with Crippen LogP contribution in [0.25, 0.3) is 0 Å². The zero-order chi connectivity index (χ0) is 15.9. The Morgan fingerprint density at radius 2 is 1.81 bits per heavy atom. The van der Waals surface area contributed by atoms with Crippen molar-refractivity contribution in [1.82, 2.24) is 0 Å². The van der Waals surface area contributed by atoms with Gasteiger partial charge in [-0.25, -0.2) is 0 Å². The molecule has 2 fully saturated rings. The SMILES string of the molecule is CCCC1OC2(C)OC(=N)C(C#N)(C2CC)C1(C#N)C#N. The van der Waals surface area contributed by atoms with Crippen LogP contribution in [0, 0.1) is 56.2 Å². The topological polar surface area (TPSA) is 114 Å². The van der Waals surface area contributed by atoms with Gasteiger partial charge in [0.25, 0.3) is 0 Å². The minimum Gasteiger partial charge on any atom is -0.448 e. The second-order valence-corrected chi connectivity index (χ2v) is 5.75. The summed E-state index contributed by atoms with van der Waals surface area (Å²) >= 11 is 0. The van der Waals surface area contributed by atoms with E-state index >= 15 is 0 Å². The largest absolute Gasteiger partial charge is 0.448 e. The lowest BCUT2D eigenvalue weighted by molar-refractivity contribution is -0.271. The molecule has 2 bridgehead atoms. The maximum absolute atomic E-state index is 9.81. The average Bonchev–Trinajstić information content (AvgIpc) is 2.64. The Kier molecular flexibility index (Phi) is 3.44. The lowest BCUT2D eigenvalue weighted by Crippen LogP contribution is -2.61. The van der Waals surface area contributed by atoms with E-state index in [1.807, 2.05) is 26.0 Å². The molecule has 0 aromatic heterocycles. The molecular weight excluding hydrogens is 268 g/mol. The lowest BCUT2D eigenvalue weighted by Gasteiger charge is -2.48. The third-order valence-corrected chi connectivity index (χ3v) is 4.79. The van der Waals surface area contributed by atoms with Gasteiger partial charge in [-0.1, -0.05) is 20.3 Å². The number of fused-ring (bicyclic) bond motifs is 2. The molecule has 2 aliphatic rings. The summed E-state index contributed by atoms with van der Waals surface area (Å²) in [5, 5.41) is 37.4. The molecule has 0 spiro atoms. The van der Waals surface area contributed by atoms with Gasteiger partial charge in [-0.15, -0.1) is 0 Å². The number of rotatable bonds is 3. The van der Waals surface area contributed by atoms with Crippen molar-refractivity contribution in [2.24, 2.45) is 16.7 Å². The van der Waals surface area contributed by atoms with Crippen LogP contribution in [0.5, 0.6) is 0 Å². The molecule has 4 atom stereocenters. The van der Waals surface area contributed by atoms with Gasteiger partial charge in [0.05, 0.1) is 30.2 Å². The summed E-state index contributed by atoms with van der Waals surface area (Å²) in [7, 11) is 0. The fourth-order valence-corrected chi connectivity index (χ4v) is 3.87. The maximum Gasteiger partial charge on any atom is 0.214 e. The molecule has 2 rings (SSSR count). The first-order chi connectivity index (χ1) is 9.92. The molecule has 2 aliphatic heterocycles. The molecule has 110 valence electrons. The van der Waals surface area contributed by atoms with E-state index in [9.17, 15) is 15.8 Å². The second kappa shape index (κ2) is 4.72. The summed E-state index contributed by atoms with van der Waals surface area (Å²) in [5.41, 5.74) is -3.29. The molecule has 4 unspecified atom stereocenters. The van der Waals surface area contributed by atoms with Crippen molar-refractivity contribution < 1.29 is 9.47 Å². The number of nitrogens with zero attached hydrogens (tertiary/aromatic N) is 3. The third kappa shape index (κ3) is 1.50. The highest BCUT2D eigenvalue weighted by Gasteiger charge is 2.78. The summed E-state index contributed by atoms with van der Waals surface area (Å²) in [6, 6.07) is 6.10. The predicted molar refractivity (Wildman–Crippen MR) is 72.5 cm³/mol. The van der Waals surface area contributed by atoms with Gasteiger partial charge in [-0.2, -0.15) is 15.8 Å². The Balaban J connectivity index is 2.77. The van der Waals surface area contributed by atoms with Crippen LogP contribution >= 0.6 is 0 Å². The zero-order valence-corrected chi connectivity index (χ0v) is 12.4. The van der Waals surface area contributed by atoms with Gasteiger partial charge in [-0.3, -0.25) is 5.41 Å². The molecule has 0 amide bonds. The van der Waals surface area contributed by atoms with Crippen molar-refractivity contribution in [3.05, 3.63) is 0 Å². The fraction of sp³-hybridized carbons (Fsp3) is 0.733. The molecule has 0 aromatic carbocycles. The van der Waals surface area contributed by atoms with Crippen molar-refractivity contribution in [2.75, 3.05) is 0 Å². The molecule has 0 saturated carbocycles. The molecule has 21 heavy (non-hydrogen) atoms. The van der Waals surface area contributed by atoms with Crippen molar-refractivity contribution in [1.29, 1.82) is 21.2 Å². The highest BCUT2D eigenvalue weighted by molar-refractivity contribution is 5.89. The van der Waals surface area contributed by atoms with Crippen molar-refractivity contribution in [3.8, 4) is 18.2 Å². The Morgan fingerprint density at radius 3 is 2.24 bits per heavy atom. The highest BCUT2D eigenvalue weighted by atomic mass is 16.7. The van der Waals surface area contributed by atoms with E-state index in [0.717, 1.165) is 0 Å². The smallest absolute Gasteiger partial charge is 0.214 e. The lowest BCUT2D eigenvalue weighted by atomic mass is 9.53. The van der Waals surface area contributed by atoms with Crippen molar-refractivity contribution in [2.45, 2.75) is 51.9 Å². The Labute approximate surface area is 124 Å². The summed E-state index contributed by atoms with van der Waals surface area (Å²) in [6.45, 7) is 5.46. The number of nitriles is 3. The molecular formula is C15H18N4O2. The number of ether oxygens (including phenoxy) is 2. The predicted octanol–water partition coefficient (Wildman–Crippen LogP) is 2.48. The molecule has 0 aliphatic carbocycles. The Morgan fingerprint density at radius 1 is 1.19 bits per heavy atom. The normalized spacial score (nSPS) is 39.7. The van der Waals surface area contributed by atoms with Gasteiger partial charge in [-0.05, 0) is 12.8 Å². The molecule has 0 radical (unpaired) electrons. The van der Waals surface area contributed by atoms with Gasteiger partial charge in [0.15, 0.2) is 10.8 Å². The molecule has 0 aromatic rings. The summed E-state index contributed by atoms with van der Waals surface area (Å²) in [5.74, 6) is -1.96. The maximum atomic E-state index is 9.81. The molecule has 1 N–H and O–H groups in total. The van der Waals surface area contributed by atoms with Crippen LogP contribution in [0.1, 0.15) is 40.0 Å². The summed E-state index contributed by atoms with van der Waals surface area (Å²) in [6.07, 6.45) is 0.911. The van der Waals surface area contributed by atoms with E-state index in [2.05, 4.69) is 6.07 Å². The standard InChI is InChI=1S/C15H18N4O2/c1-4-6-11-14(7-16,8-17)15(9-18)10(5-2)13(3,20-11)21-12(15)19/h10-11,19H,4-6H2,1-3H3. The van der Waals surface area contributed by atoms with Crippen LogP contribution < -0.4 is 0 Å². The van der Waals surface area contributed by atoms with Crippen LogP contribution in [0.3, 0.4) is 0 Å². The van der Waals surface area contributed by atoms with Crippen molar-refractivity contribution in [3.63, 3.8) is 0 Å². The number of hydrogen-bond donors (Lipinski definition) is 1. The quantitative estimate of drug-likeness (QED) is 0.856. The van der Waals surface area contributed by atoms with Crippen LogP contribution in [0.15, 0.2) is 0 Å². The highest BCUT2D eigenvalue weighted by Crippen LogP contribution is 2.63. The second-order valence-electron chi connectivity index (χ2n) is 5.75. The summed E-state index contributed by atoms with van der Waals surface area (Å²) in [4.78, 5) is 0. The van der Waals surface area contributed by atoms with Crippen LogP contribution in [-0.4, -0.2) is 17.8 Å². The van der Waals surface area contributed by atoms with Gasteiger partial charge >= 0.3 is 0 Å². The first-order valence-corrected chi connectivity index (χ1v) is 7.12. The van der Waals surface area contributed by atoms with Crippen LogP contribution in [0.4, 0.5) is 0 Å². The first-order valence-electron chi connectivity index (χ1n) is 7.12. The van der Waals surface area contributed by atoms with Gasteiger partial charge in [0.2, 0.25) is 11.7 Å². The Bertz CT molecular complexity index is 582. The average molecular weight is 286 g/mol. The van der Waals surface area contributed by atoms with E-state index < -0.39 is 28.6 Å². The van der Waals surface area contributed by atoms with Crippen molar-refractivity contribution >= 4 is 5.90 Å². The minimum atomic E-state index is -1.72. The van der Waals surface area contributed by atoms with Gasteiger partial charge in [0.1, 0.15) is 0 Å². The van der Waals surface area contributed by atoms with E-state index in [1.54, 1.807) is 6.92 Å². The van der Waals surface area contributed by atoms with Gasteiger partial charge in [0, 0.05) is 6.92 Å². The molecule has 6 heteroatoms. The minimum absolute atomic E-state index is 0.318. The van der Waals surface area contributed by atoms with E-state index in [1.165, 1.54) is 0 Å². The van der Waals surface area contributed by atoms with E-state index in [4.69, 9.17) is 14.9 Å². The fourth-order valence-electron chi connectivity index (χ4n) is 3.87. The van der Waals surface area contributed by atoms with Gasteiger partial charge < -0.3 is 9.47 Å².